The number of likely N-dealkylation sites (tertiary alicyclic amines) is 1. The number of carbonyl (C=O) groups excluding carboxylic acids is 1. The van der Waals surface area contributed by atoms with Crippen LogP contribution in [0.5, 0.6) is 11.5 Å². The minimum atomic E-state index is -0.217. The predicted octanol–water partition coefficient (Wildman–Crippen LogP) is 3.16. The molecule has 1 aromatic carbocycles. The van der Waals surface area contributed by atoms with Crippen molar-refractivity contribution in [2.45, 2.75) is 19.0 Å². The molecule has 0 unspecified atom stereocenters. The first kappa shape index (κ1) is 17.6. The van der Waals surface area contributed by atoms with Gasteiger partial charge in [0.05, 0.1) is 19.9 Å². The number of methoxy groups -OCH3 is 2. The Labute approximate surface area is 151 Å². The topological polar surface area (TPSA) is 62.8 Å². The van der Waals surface area contributed by atoms with Crippen LogP contribution in [0.15, 0.2) is 35.0 Å². The first-order valence-corrected chi connectivity index (χ1v) is 9.15. The minimum Gasteiger partial charge on any atom is -0.497 e. The van der Waals surface area contributed by atoms with Gasteiger partial charge in [0.15, 0.2) is 0 Å². The molecule has 6 nitrogen and oxygen atoms in total. The summed E-state index contributed by atoms with van der Waals surface area (Å²) >= 11 is 1.71. The van der Waals surface area contributed by atoms with E-state index in [1.807, 2.05) is 0 Å². The highest BCUT2D eigenvalue weighted by molar-refractivity contribution is 7.07. The van der Waals surface area contributed by atoms with Gasteiger partial charge in [-0.2, -0.15) is 11.3 Å². The Bertz CT molecular complexity index is 706. The van der Waals surface area contributed by atoms with Crippen LogP contribution in [0.3, 0.4) is 0 Å². The van der Waals surface area contributed by atoms with Crippen LogP contribution in [-0.4, -0.2) is 44.3 Å². The molecule has 25 heavy (non-hydrogen) atoms. The fourth-order valence-electron chi connectivity index (χ4n) is 2.98. The lowest BCUT2D eigenvalue weighted by Crippen LogP contribution is -2.39. The maximum atomic E-state index is 12.3. The van der Waals surface area contributed by atoms with Gasteiger partial charge in [-0.3, -0.25) is 4.90 Å². The summed E-state index contributed by atoms with van der Waals surface area (Å²) in [4.78, 5) is 14.7. The van der Waals surface area contributed by atoms with Crippen molar-refractivity contribution in [1.82, 2.24) is 10.2 Å². The molecule has 0 spiro atoms. The van der Waals surface area contributed by atoms with Crippen molar-refractivity contribution in [1.29, 1.82) is 0 Å². The second-order valence-electron chi connectivity index (χ2n) is 6.02. The number of rotatable bonds is 6. The van der Waals surface area contributed by atoms with Gasteiger partial charge in [-0.1, -0.05) is 0 Å². The highest BCUT2D eigenvalue weighted by atomic mass is 32.1. The number of anilines is 1. The average molecular weight is 361 g/mol. The standard InChI is InChI=1S/C18H23N3O3S/c1-23-15-3-4-16(17(9-15)24-2)20-18(22)19-14-5-7-21(11-14)10-13-6-8-25-12-13/h3-4,6,8-9,12,14H,5,7,10-11H2,1-2H3,(H2,19,20,22)/t14-/m1/s1. The van der Waals surface area contributed by atoms with Gasteiger partial charge in [-0.05, 0) is 40.9 Å². The van der Waals surface area contributed by atoms with Gasteiger partial charge < -0.3 is 20.1 Å². The maximum Gasteiger partial charge on any atom is 0.319 e. The van der Waals surface area contributed by atoms with E-state index in [2.05, 4.69) is 32.4 Å². The van der Waals surface area contributed by atoms with E-state index >= 15 is 0 Å². The van der Waals surface area contributed by atoms with Crippen molar-refractivity contribution in [3.05, 3.63) is 40.6 Å². The third-order valence-corrected chi connectivity index (χ3v) is 4.98. The molecule has 3 rings (SSSR count). The minimum absolute atomic E-state index is 0.155. The quantitative estimate of drug-likeness (QED) is 0.830. The van der Waals surface area contributed by atoms with Crippen LogP contribution in [0.2, 0.25) is 0 Å². The zero-order valence-electron chi connectivity index (χ0n) is 14.5. The second kappa shape index (κ2) is 8.22. The molecule has 0 aliphatic carbocycles. The normalized spacial score (nSPS) is 17.3. The SMILES string of the molecule is COc1ccc(NC(=O)N[C@@H]2CCN(Cc3ccsc3)C2)c(OC)c1. The predicted molar refractivity (Wildman–Crippen MR) is 99.7 cm³/mol. The Morgan fingerprint density at radius 3 is 2.92 bits per heavy atom. The van der Waals surface area contributed by atoms with Crippen LogP contribution >= 0.6 is 11.3 Å². The number of hydrogen-bond donors (Lipinski definition) is 2. The Morgan fingerprint density at radius 1 is 1.32 bits per heavy atom. The van der Waals surface area contributed by atoms with Gasteiger partial charge in [0.2, 0.25) is 0 Å². The molecule has 0 bridgehead atoms. The summed E-state index contributed by atoms with van der Waals surface area (Å²) < 4.78 is 10.5. The zero-order chi connectivity index (χ0) is 17.6. The van der Waals surface area contributed by atoms with Crippen molar-refractivity contribution < 1.29 is 14.3 Å². The lowest BCUT2D eigenvalue weighted by Gasteiger charge is -2.17. The number of ether oxygens (including phenoxy) is 2. The lowest BCUT2D eigenvalue weighted by molar-refractivity contribution is 0.247. The zero-order valence-corrected chi connectivity index (χ0v) is 15.3. The molecular formula is C18H23N3O3S. The summed E-state index contributed by atoms with van der Waals surface area (Å²) in [6, 6.07) is 7.39. The van der Waals surface area contributed by atoms with Gasteiger partial charge in [0, 0.05) is 31.7 Å². The summed E-state index contributed by atoms with van der Waals surface area (Å²) in [5, 5.41) is 10.2. The Hall–Kier alpha value is -2.25. The van der Waals surface area contributed by atoms with Gasteiger partial charge in [-0.25, -0.2) is 4.79 Å². The number of carbonyl (C=O) groups is 1. The van der Waals surface area contributed by atoms with Gasteiger partial charge in [-0.15, -0.1) is 0 Å². The van der Waals surface area contributed by atoms with Gasteiger partial charge in [0.1, 0.15) is 11.5 Å². The summed E-state index contributed by atoms with van der Waals surface area (Å²) in [6.07, 6.45) is 0.956. The molecule has 134 valence electrons. The monoisotopic (exact) mass is 361 g/mol. The molecular weight excluding hydrogens is 338 g/mol. The largest absolute Gasteiger partial charge is 0.497 e. The van der Waals surface area contributed by atoms with Crippen molar-refractivity contribution in [3.63, 3.8) is 0 Å². The molecule has 1 aromatic heterocycles. The molecule has 2 heterocycles. The van der Waals surface area contributed by atoms with Crippen molar-refractivity contribution in [3.8, 4) is 11.5 Å². The Morgan fingerprint density at radius 2 is 2.20 bits per heavy atom. The maximum absolute atomic E-state index is 12.3. The number of hydrogen-bond acceptors (Lipinski definition) is 5. The molecule has 0 radical (unpaired) electrons. The Balaban J connectivity index is 1.51. The van der Waals surface area contributed by atoms with E-state index in [1.54, 1.807) is 43.8 Å². The van der Waals surface area contributed by atoms with E-state index < -0.39 is 0 Å². The number of amides is 2. The van der Waals surface area contributed by atoms with Crippen LogP contribution in [-0.2, 0) is 6.54 Å². The van der Waals surface area contributed by atoms with E-state index in [-0.39, 0.29) is 12.1 Å². The Kier molecular flexibility index (Phi) is 5.78. The first-order chi connectivity index (χ1) is 12.2. The molecule has 7 heteroatoms. The third-order valence-electron chi connectivity index (χ3n) is 4.25. The number of benzene rings is 1. The molecule has 1 aliphatic heterocycles. The van der Waals surface area contributed by atoms with Crippen LogP contribution in [0.25, 0.3) is 0 Å². The van der Waals surface area contributed by atoms with Gasteiger partial charge in [0.25, 0.3) is 0 Å². The molecule has 1 fully saturated rings. The fraction of sp³-hybridized carbons (Fsp3) is 0.389. The van der Waals surface area contributed by atoms with Crippen molar-refractivity contribution in [2.24, 2.45) is 0 Å². The van der Waals surface area contributed by atoms with Crippen LogP contribution in [0, 0.1) is 0 Å². The summed E-state index contributed by atoms with van der Waals surface area (Å²) in [6.45, 7) is 2.80. The second-order valence-corrected chi connectivity index (χ2v) is 6.80. The number of nitrogens with one attached hydrogen (secondary N) is 2. The highest BCUT2D eigenvalue weighted by Gasteiger charge is 2.24. The molecule has 0 saturated carbocycles. The number of thiophene rings is 1. The molecule has 2 aromatic rings. The highest BCUT2D eigenvalue weighted by Crippen LogP contribution is 2.29. The first-order valence-electron chi connectivity index (χ1n) is 8.21. The molecule has 1 atom stereocenters. The summed E-state index contributed by atoms with van der Waals surface area (Å²) in [5.74, 6) is 1.25. The molecule has 1 saturated heterocycles. The molecule has 1 aliphatic rings. The van der Waals surface area contributed by atoms with E-state index in [0.29, 0.717) is 17.2 Å². The number of urea groups is 1. The van der Waals surface area contributed by atoms with Crippen LogP contribution in [0.4, 0.5) is 10.5 Å². The number of nitrogens with zero attached hydrogens (tertiary/aromatic N) is 1. The van der Waals surface area contributed by atoms with E-state index in [1.165, 1.54) is 5.56 Å². The average Bonchev–Trinajstić information content (AvgIpc) is 3.27. The van der Waals surface area contributed by atoms with Crippen LogP contribution < -0.4 is 20.1 Å². The smallest absolute Gasteiger partial charge is 0.319 e. The van der Waals surface area contributed by atoms with Crippen LogP contribution in [0.1, 0.15) is 12.0 Å². The summed E-state index contributed by atoms with van der Waals surface area (Å²) in [7, 11) is 3.16. The lowest BCUT2D eigenvalue weighted by atomic mass is 10.2. The summed E-state index contributed by atoms with van der Waals surface area (Å²) in [5.41, 5.74) is 1.95. The van der Waals surface area contributed by atoms with Gasteiger partial charge >= 0.3 is 6.03 Å². The van der Waals surface area contributed by atoms with E-state index in [4.69, 9.17) is 9.47 Å². The van der Waals surface area contributed by atoms with E-state index in [0.717, 1.165) is 26.1 Å². The van der Waals surface area contributed by atoms with E-state index in [9.17, 15) is 4.79 Å². The molecule has 2 amide bonds. The fourth-order valence-corrected chi connectivity index (χ4v) is 3.64. The van der Waals surface area contributed by atoms with Crippen molar-refractivity contribution in [2.75, 3.05) is 32.6 Å². The third kappa shape index (κ3) is 4.64. The molecule has 2 N–H and O–H groups in total. The van der Waals surface area contributed by atoms with Crippen molar-refractivity contribution >= 4 is 23.1 Å².